The quantitative estimate of drug-likeness (QED) is 0.473. The third-order valence-corrected chi connectivity index (χ3v) is 4.16. The maximum absolute atomic E-state index is 12.0. The van der Waals surface area contributed by atoms with E-state index in [2.05, 4.69) is 0 Å². The predicted octanol–water partition coefficient (Wildman–Crippen LogP) is 1.84. The summed E-state index contributed by atoms with van der Waals surface area (Å²) in [5, 5.41) is 10.5. The lowest BCUT2D eigenvalue weighted by Gasteiger charge is -2.02. The highest BCUT2D eigenvalue weighted by atomic mass is 32.2. The first-order chi connectivity index (χ1) is 9.40. The number of sulfone groups is 1. The Kier molecular flexibility index (Phi) is 3.66. The van der Waals surface area contributed by atoms with E-state index < -0.39 is 26.3 Å². The normalized spacial score (nSPS) is 11.2. The van der Waals surface area contributed by atoms with E-state index in [1.807, 2.05) is 0 Å². The van der Waals surface area contributed by atoms with E-state index in [1.165, 1.54) is 18.4 Å². The summed E-state index contributed by atoms with van der Waals surface area (Å²) in [7, 11) is -3.86. The molecular formula is C12H9NO6S. The van der Waals surface area contributed by atoms with Crippen molar-refractivity contribution in [2.45, 2.75) is 4.90 Å². The summed E-state index contributed by atoms with van der Waals surface area (Å²) < 4.78 is 28.8. The van der Waals surface area contributed by atoms with Crippen molar-refractivity contribution in [2.75, 3.05) is 5.75 Å². The molecule has 1 aromatic carbocycles. The molecule has 2 aromatic rings. The number of nitrogens with zero attached hydrogens (tertiary/aromatic N) is 1. The second kappa shape index (κ2) is 5.25. The molecule has 1 aromatic heterocycles. The minimum Gasteiger partial charge on any atom is -0.461 e. The number of carbonyl (C=O) groups is 1. The number of hydrogen-bond donors (Lipinski definition) is 0. The first-order valence-corrected chi connectivity index (χ1v) is 7.09. The molecule has 0 fully saturated rings. The Hall–Kier alpha value is -2.48. The van der Waals surface area contributed by atoms with E-state index >= 15 is 0 Å². The number of nitro benzene ring substituents is 1. The van der Waals surface area contributed by atoms with Crippen LogP contribution in [0.4, 0.5) is 5.69 Å². The van der Waals surface area contributed by atoms with Gasteiger partial charge in [-0.25, -0.2) is 8.42 Å². The van der Waals surface area contributed by atoms with Crippen LogP contribution in [0, 0.1) is 10.1 Å². The summed E-state index contributed by atoms with van der Waals surface area (Å²) in [6.07, 6.45) is 1.27. The van der Waals surface area contributed by atoms with E-state index in [9.17, 15) is 23.3 Å². The molecule has 1 heterocycles. The van der Waals surface area contributed by atoms with E-state index in [0.717, 1.165) is 24.3 Å². The van der Waals surface area contributed by atoms with Gasteiger partial charge < -0.3 is 4.42 Å². The average molecular weight is 295 g/mol. The molecule has 0 aliphatic heterocycles. The number of non-ortho nitro benzene ring substituents is 1. The monoisotopic (exact) mass is 295 g/mol. The SMILES string of the molecule is O=C(CS(=O)(=O)c1ccc([N+](=O)[O-])cc1)c1ccco1. The van der Waals surface area contributed by atoms with Crippen LogP contribution in [0.1, 0.15) is 10.6 Å². The van der Waals surface area contributed by atoms with Crippen molar-refractivity contribution < 1.29 is 22.6 Å². The van der Waals surface area contributed by atoms with Crippen LogP contribution in [0.3, 0.4) is 0 Å². The molecule has 0 aliphatic carbocycles. The van der Waals surface area contributed by atoms with Gasteiger partial charge in [0.15, 0.2) is 15.6 Å². The van der Waals surface area contributed by atoms with Crippen LogP contribution in [0.2, 0.25) is 0 Å². The van der Waals surface area contributed by atoms with Crippen molar-refractivity contribution in [3.63, 3.8) is 0 Å². The minimum atomic E-state index is -3.86. The van der Waals surface area contributed by atoms with Gasteiger partial charge in [0.25, 0.3) is 5.69 Å². The predicted molar refractivity (Wildman–Crippen MR) is 68.2 cm³/mol. The second-order valence-corrected chi connectivity index (χ2v) is 5.90. The summed E-state index contributed by atoms with van der Waals surface area (Å²) in [5.74, 6) is -1.47. The van der Waals surface area contributed by atoms with Gasteiger partial charge in [0.05, 0.1) is 16.1 Å². The fourth-order valence-electron chi connectivity index (χ4n) is 1.54. The number of rotatable bonds is 5. The third kappa shape index (κ3) is 2.91. The van der Waals surface area contributed by atoms with Gasteiger partial charge in [-0.1, -0.05) is 0 Å². The number of nitro groups is 1. The van der Waals surface area contributed by atoms with Gasteiger partial charge in [0.1, 0.15) is 5.75 Å². The average Bonchev–Trinajstić information content (AvgIpc) is 2.92. The fourth-order valence-corrected chi connectivity index (χ4v) is 2.74. The van der Waals surface area contributed by atoms with Gasteiger partial charge in [-0.05, 0) is 24.3 Å². The van der Waals surface area contributed by atoms with Crippen molar-refractivity contribution in [3.05, 3.63) is 58.5 Å². The van der Waals surface area contributed by atoms with Crippen molar-refractivity contribution in [2.24, 2.45) is 0 Å². The highest BCUT2D eigenvalue weighted by Gasteiger charge is 2.22. The zero-order valence-corrected chi connectivity index (χ0v) is 10.9. The molecule has 0 atom stereocenters. The second-order valence-electron chi connectivity index (χ2n) is 3.91. The Morgan fingerprint density at radius 1 is 1.20 bits per heavy atom. The Labute approximate surface area is 113 Å². The molecule has 0 bridgehead atoms. The lowest BCUT2D eigenvalue weighted by molar-refractivity contribution is -0.384. The lowest BCUT2D eigenvalue weighted by Crippen LogP contribution is -2.16. The van der Waals surface area contributed by atoms with Gasteiger partial charge in [0.2, 0.25) is 5.78 Å². The number of Topliss-reactive ketones (excluding diaryl/α,β-unsaturated/α-hetero) is 1. The summed E-state index contributed by atoms with van der Waals surface area (Å²) in [4.78, 5) is 21.4. The van der Waals surface area contributed by atoms with E-state index in [1.54, 1.807) is 0 Å². The molecule has 2 rings (SSSR count). The summed E-state index contributed by atoms with van der Waals surface area (Å²) >= 11 is 0. The molecule has 0 amide bonds. The molecule has 0 saturated carbocycles. The Morgan fingerprint density at radius 2 is 1.85 bits per heavy atom. The van der Waals surface area contributed by atoms with Crippen LogP contribution in [0.15, 0.2) is 52.0 Å². The summed E-state index contributed by atoms with van der Waals surface area (Å²) in [5.41, 5.74) is -0.221. The number of carbonyl (C=O) groups excluding carboxylic acids is 1. The van der Waals surface area contributed by atoms with Gasteiger partial charge >= 0.3 is 0 Å². The fraction of sp³-hybridized carbons (Fsp3) is 0.0833. The molecule has 20 heavy (non-hydrogen) atoms. The molecule has 0 unspecified atom stereocenters. The van der Waals surface area contributed by atoms with E-state index in [4.69, 9.17) is 4.42 Å². The van der Waals surface area contributed by atoms with Crippen LogP contribution >= 0.6 is 0 Å². The standard InChI is InChI=1S/C12H9NO6S/c14-11(12-2-1-7-19-12)8-20(17,18)10-5-3-9(4-6-10)13(15)16/h1-7H,8H2. The van der Waals surface area contributed by atoms with Crippen molar-refractivity contribution in [3.8, 4) is 0 Å². The van der Waals surface area contributed by atoms with Crippen molar-refractivity contribution in [1.29, 1.82) is 0 Å². The number of hydrogen-bond acceptors (Lipinski definition) is 6. The topological polar surface area (TPSA) is 107 Å². The zero-order chi connectivity index (χ0) is 14.8. The molecule has 104 valence electrons. The molecule has 0 radical (unpaired) electrons. The number of ketones is 1. The van der Waals surface area contributed by atoms with Crippen molar-refractivity contribution in [1.82, 2.24) is 0 Å². The van der Waals surface area contributed by atoms with Crippen molar-refractivity contribution >= 4 is 21.3 Å². The number of furan rings is 1. The first-order valence-electron chi connectivity index (χ1n) is 5.44. The zero-order valence-electron chi connectivity index (χ0n) is 10.1. The summed E-state index contributed by atoms with van der Waals surface area (Å²) in [6.45, 7) is 0. The highest BCUT2D eigenvalue weighted by Crippen LogP contribution is 2.18. The van der Waals surface area contributed by atoms with E-state index in [-0.39, 0.29) is 16.3 Å². The number of benzene rings is 1. The first kappa shape index (κ1) is 13.9. The third-order valence-electron chi connectivity index (χ3n) is 2.52. The molecule has 8 heteroatoms. The van der Waals surface area contributed by atoms with Gasteiger partial charge in [-0.2, -0.15) is 0 Å². The molecule has 7 nitrogen and oxygen atoms in total. The molecule has 0 aliphatic rings. The molecule has 0 saturated heterocycles. The largest absolute Gasteiger partial charge is 0.461 e. The maximum Gasteiger partial charge on any atom is 0.269 e. The molecule has 0 spiro atoms. The Morgan fingerprint density at radius 3 is 2.35 bits per heavy atom. The highest BCUT2D eigenvalue weighted by molar-refractivity contribution is 7.92. The van der Waals surface area contributed by atoms with Gasteiger partial charge in [-0.3, -0.25) is 14.9 Å². The van der Waals surface area contributed by atoms with Crippen LogP contribution in [0.5, 0.6) is 0 Å². The minimum absolute atomic E-state index is 0.0458. The molecular weight excluding hydrogens is 286 g/mol. The Balaban J connectivity index is 2.22. The Bertz CT molecular complexity index is 731. The van der Waals surface area contributed by atoms with Crippen LogP contribution < -0.4 is 0 Å². The maximum atomic E-state index is 12.0. The molecule has 0 N–H and O–H groups in total. The van der Waals surface area contributed by atoms with Gasteiger partial charge in [-0.15, -0.1) is 0 Å². The van der Waals surface area contributed by atoms with Gasteiger partial charge in [0, 0.05) is 12.1 Å². The van der Waals surface area contributed by atoms with Crippen LogP contribution in [-0.2, 0) is 9.84 Å². The van der Waals surface area contributed by atoms with Crippen LogP contribution in [-0.4, -0.2) is 24.9 Å². The lowest BCUT2D eigenvalue weighted by atomic mass is 10.3. The van der Waals surface area contributed by atoms with Crippen LogP contribution in [0.25, 0.3) is 0 Å². The summed E-state index contributed by atoms with van der Waals surface area (Å²) in [6, 6.07) is 7.19. The van der Waals surface area contributed by atoms with E-state index in [0.29, 0.717) is 0 Å². The smallest absolute Gasteiger partial charge is 0.269 e.